The molecule has 2 rings (SSSR count). The van der Waals surface area contributed by atoms with E-state index in [4.69, 9.17) is 10.00 Å². The molecule has 0 spiro atoms. The van der Waals surface area contributed by atoms with Gasteiger partial charge in [0.05, 0.1) is 25.3 Å². The summed E-state index contributed by atoms with van der Waals surface area (Å²) in [5.41, 5.74) is 0.651. The second kappa shape index (κ2) is 6.10. The smallest absolute Gasteiger partial charge is 0.322 e. The van der Waals surface area contributed by atoms with E-state index in [-0.39, 0.29) is 12.1 Å². The summed E-state index contributed by atoms with van der Waals surface area (Å²) in [4.78, 5) is 13.9. The van der Waals surface area contributed by atoms with Crippen LogP contribution in [0.3, 0.4) is 0 Å². The highest BCUT2D eigenvalue weighted by Gasteiger charge is 2.32. The van der Waals surface area contributed by atoms with Crippen LogP contribution in [0.15, 0.2) is 24.3 Å². The molecular weight excluding hydrogens is 242 g/mol. The topological polar surface area (TPSA) is 65.4 Å². The van der Waals surface area contributed by atoms with E-state index in [1.54, 1.807) is 24.1 Å². The van der Waals surface area contributed by atoms with Gasteiger partial charge in [-0.2, -0.15) is 5.26 Å². The Bertz CT molecular complexity index is 492. The first-order valence-corrected chi connectivity index (χ1v) is 6.34. The summed E-state index contributed by atoms with van der Waals surface area (Å²) in [6, 6.07) is 9.48. The van der Waals surface area contributed by atoms with Crippen molar-refractivity contribution in [2.24, 2.45) is 0 Å². The highest BCUT2D eigenvalue weighted by molar-refractivity contribution is 5.91. The van der Waals surface area contributed by atoms with Crippen LogP contribution in [0.25, 0.3) is 0 Å². The van der Waals surface area contributed by atoms with Crippen molar-refractivity contribution in [2.45, 2.75) is 25.3 Å². The molecule has 0 radical (unpaired) electrons. The third-order valence-electron chi connectivity index (χ3n) is 3.06. The van der Waals surface area contributed by atoms with Crippen molar-refractivity contribution in [1.29, 1.82) is 5.26 Å². The first-order chi connectivity index (χ1) is 9.26. The van der Waals surface area contributed by atoms with Crippen LogP contribution in [-0.2, 0) is 0 Å². The Balaban J connectivity index is 2.04. The maximum Gasteiger partial charge on any atom is 0.322 e. The molecule has 19 heavy (non-hydrogen) atoms. The fourth-order valence-electron chi connectivity index (χ4n) is 1.94. The first-order valence-electron chi connectivity index (χ1n) is 6.34. The van der Waals surface area contributed by atoms with E-state index in [1.165, 1.54) is 0 Å². The van der Waals surface area contributed by atoms with E-state index in [1.807, 2.05) is 12.1 Å². The molecule has 100 valence electrons. The van der Waals surface area contributed by atoms with Crippen LogP contribution in [-0.4, -0.2) is 30.6 Å². The van der Waals surface area contributed by atoms with Crippen molar-refractivity contribution in [3.63, 3.8) is 0 Å². The standard InChI is InChI=1S/C14H17N3O2/c1-19-13-6-3-2-5-12(13)16-14(18)17(10-4-9-15)11-7-8-11/h2-3,5-6,11H,4,7-8,10H2,1H3,(H,16,18). The van der Waals surface area contributed by atoms with Crippen LogP contribution < -0.4 is 10.1 Å². The average Bonchev–Trinajstić information content (AvgIpc) is 3.24. The van der Waals surface area contributed by atoms with Crippen molar-refractivity contribution >= 4 is 11.7 Å². The molecule has 2 amide bonds. The minimum Gasteiger partial charge on any atom is -0.495 e. The van der Waals surface area contributed by atoms with Crippen molar-refractivity contribution in [2.75, 3.05) is 19.0 Å². The van der Waals surface area contributed by atoms with E-state index >= 15 is 0 Å². The maximum absolute atomic E-state index is 12.2. The molecule has 0 heterocycles. The average molecular weight is 259 g/mol. The van der Waals surface area contributed by atoms with E-state index in [2.05, 4.69) is 11.4 Å². The number of hydrogen-bond acceptors (Lipinski definition) is 3. The number of carbonyl (C=O) groups is 1. The second-order valence-corrected chi connectivity index (χ2v) is 4.46. The lowest BCUT2D eigenvalue weighted by Gasteiger charge is -2.22. The molecule has 1 N–H and O–H groups in total. The van der Waals surface area contributed by atoms with Gasteiger partial charge in [-0.05, 0) is 25.0 Å². The lowest BCUT2D eigenvalue weighted by atomic mass is 10.3. The molecule has 1 aromatic carbocycles. The van der Waals surface area contributed by atoms with Crippen molar-refractivity contribution < 1.29 is 9.53 Å². The van der Waals surface area contributed by atoms with Crippen LogP contribution in [0.1, 0.15) is 19.3 Å². The number of anilines is 1. The Morgan fingerprint density at radius 2 is 2.26 bits per heavy atom. The summed E-state index contributed by atoms with van der Waals surface area (Å²) in [7, 11) is 1.57. The number of hydrogen-bond donors (Lipinski definition) is 1. The molecule has 0 saturated heterocycles. The van der Waals surface area contributed by atoms with Gasteiger partial charge in [0.2, 0.25) is 0 Å². The Morgan fingerprint density at radius 1 is 1.53 bits per heavy atom. The summed E-state index contributed by atoms with van der Waals surface area (Å²) in [6.45, 7) is 0.474. The number of rotatable bonds is 5. The van der Waals surface area contributed by atoms with Gasteiger partial charge in [0.25, 0.3) is 0 Å². The van der Waals surface area contributed by atoms with Crippen molar-refractivity contribution in [1.82, 2.24) is 4.90 Å². The SMILES string of the molecule is COc1ccccc1NC(=O)N(CCC#N)C1CC1. The first kappa shape index (κ1) is 13.2. The van der Waals surface area contributed by atoms with Crippen molar-refractivity contribution in [3.8, 4) is 11.8 Å². The summed E-state index contributed by atoms with van der Waals surface area (Å²) < 4.78 is 5.20. The van der Waals surface area contributed by atoms with E-state index in [0.29, 0.717) is 24.4 Å². The highest BCUT2D eigenvalue weighted by Crippen LogP contribution is 2.29. The van der Waals surface area contributed by atoms with Gasteiger partial charge in [0.15, 0.2) is 0 Å². The van der Waals surface area contributed by atoms with Gasteiger partial charge in [-0.25, -0.2) is 4.79 Å². The predicted molar refractivity (Wildman–Crippen MR) is 72.0 cm³/mol. The number of benzene rings is 1. The maximum atomic E-state index is 12.2. The molecule has 0 aromatic heterocycles. The van der Waals surface area contributed by atoms with E-state index in [9.17, 15) is 4.79 Å². The largest absolute Gasteiger partial charge is 0.495 e. The van der Waals surface area contributed by atoms with Crippen LogP contribution in [0.2, 0.25) is 0 Å². The molecular formula is C14H17N3O2. The molecule has 5 nitrogen and oxygen atoms in total. The predicted octanol–water partition coefficient (Wildman–Crippen LogP) is 2.61. The summed E-state index contributed by atoms with van der Waals surface area (Å²) >= 11 is 0. The number of amides is 2. The molecule has 0 aliphatic heterocycles. The molecule has 1 aliphatic rings. The second-order valence-electron chi connectivity index (χ2n) is 4.46. The van der Waals surface area contributed by atoms with Gasteiger partial charge < -0.3 is 15.0 Å². The third-order valence-corrected chi connectivity index (χ3v) is 3.06. The molecule has 0 unspecified atom stereocenters. The van der Waals surface area contributed by atoms with Crippen LogP contribution in [0.4, 0.5) is 10.5 Å². The zero-order valence-corrected chi connectivity index (χ0v) is 10.9. The third kappa shape index (κ3) is 3.38. The molecule has 1 fully saturated rings. The number of nitriles is 1. The Kier molecular flexibility index (Phi) is 4.24. The van der Waals surface area contributed by atoms with Gasteiger partial charge in [0.1, 0.15) is 5.75 Å². The number of methoxy groups -OCH3 is 1. The van der Waals surface area contributed by atoms with Gasteiger partial charge in [-0.1, -0.05) is 12.1 Å². The summed E-state index contributed by atoms with van der Waals surface area (Å²) in [6.07, 6.45) is 2.39. The number of nitrogens with one attached hydrogen (secondary N) is 1. The van der Waals surface area contributed by atoms with Crippen molar-refractivity contribution in [3.05, 3.63) is 24.3 Å². The lowest BCUT2D eigenvalue weighted by Crippen LogP contribution is -2.37. The molecule has 1 aromatic rings. The van der Waals surface area contributed by atoms with Crippen LogP contribution in [0.5, 0.6) is 5.75 Å². The van der Waals surface area contributed by atoms with Gasteiger partial charge in [-0.15, -0.1) is 0 Å². The summed E-state index contributed by atoms with van der Waals surface area (Å²) in [5, 5.41) is 11.5. The molecule has 1 aliphatic carbocycles. The zero-order chi connectivity index (χ0) is 13.7. The normalized spacial score (nSPS) is 13.5. The quantitative estimate of drug-likeness (QED) is 0.883. The van der Waals surface area contributed by atoms with Crippen LogP contribution in [0, 0.1) is 11.3 Å². The number of carbonyl (C=O) groups excluding carboxylic acids is 1. The summed E-state index contributed by atoms with van der Waals surface area (Å²) in [5.74, 6) is 0.631. The molecule has 5 heteroatoms. The minimum absolute atomic E-state index is 0.165. The Labute approximate surface area is 112 Å². The lowest BCUT2D eigenvalue weighted by molar-refractivity contribution is 0.210. The fraction of sp³-hybridized carbons (Fsp3) is 0.429. The molecule has 1 saturated carbocycles. The molecule has 0 bridgehead atoms. The van der Waals surface area contributed by atoms with Crippen LogP contribution >= 0.6 is 0 Å². The number of urea groups is 1. The fourth-order valence-corrected chi connectivity index (χ4v) is 1.94. The monoisotopic (exact) mass is 259 g/mol. The Morgan fingerprint density at radius 3 is 2.89 bits per heavy atom. The molecule has 0 atom stereocenters. The highest BCUT2D eigenvalue weighted by atomic mass is 16.5. The van der Waals surface area contributed by atoms with Gasteiger partial charge in [-0.3, -0.25) is 0 Å². The van der Waals surface area contributed by atoms with E-state index in [0.717, 1.165) is 12.8 Å². The Hall–Kier alpha value is -2.22. The van der Waals surface area contributed by atoms with Gasteiger partial charge in [0, 0.05) is 12.6 Å². The number of ether oxygens (including phenoxy) is 1. The zero-order valence-electron chi connectivity index (χ0n) is 10.9. The number of nitrogens with zero attached hydrogens (tertiary/aromatic N) is 2. The van der Waals surface area contributed by atoms with E-state index < -0.39 is 0 Å². The van der Waals surface area contributed by atoms with Gasteiger partial charge >= 0.3 is 6.03 Å². The number of para-hydroxylation sites is 2. The minimum atomic E-state index is -0.165.